The summed E-state index contributed by atoms with van der Waals surface area (Å²) in [4.78, 5) is 11.5. The van der Waals surface area contributed by atoms with Crippen LogP contribution in [0.3, 0.4) is 0 Å². The predicted molar refractivity (Wildman–Crippen MR) is 130 cm³/mol. The second-order valence-electron chi connectivity index (χ2n) is 12.9. The minimum atomic E-state index is -0.229. The van der Waals surface area contributed by atoms with E-state index in [1.54, 1.807) is 12.5 Å². The molecule has 0 heterocycles. The average Bonchev–Trinajstić information content (AvgIpc) is 2.98. The number of hydrogen-bond acceptors (Lipinski definition) is 3. The lowest BCUT2D eigenvalue weighted by atomic mass is 9.48. The van der Waals surface area contributed by atoms with Gasteiger partial charge in [0.15, 0.2) is 0 Å². The number of hydrogen-bond donors (Lipinski definition) is 1. The molecule has 3 heteroatoms. The van der Waals surface area contributed by atoms with E-state index in [2.05, 4.69) is 34.6 Å². The highest BCUT2D eigenvalue weighted by molar-refractivity contribution is 5.66. The fourth-order valence-electron chi connectivity index (χ4n) is 8.81. The van der Waals surface area contributed by atoms with Crippen molar-refractivity contribution in [3.05, 3.63) is 11.1 Å². The molecule has 0 amide bonds. The summed E-state index contributed by atoms with van der Waals surface area (Å²) < 4.78 is 5.62. The SMILES string of the molecule is CC(=O)O[C@H]1CCC2(C)C3CCC4(C)C(=C3CC[C@H]2C1)[C@H](O)CC4[C@H](C)CCCC(C)C. The number of carbonyl (C=O) groups is 1. The molecule has 0 bridgehead atoms. The first-order chi connectivity index (χ1) is 15.1. The van der Waals surface area contributed by atoms with Crippen LogP contribution in [0, 0.1) is 40.4 Å². The largest absolute Gasteiger partial charge is 0.463 e. The van der Waals surface area contributed by atoms with Gasteiger partial charge in [0.25, 0.3) is 0 Å². The van der Waals surface area contributed by atoms with E-state index < -0.39 is 0 Å². The highest BCUT2D eigenvalue weighted by atomic mass is 16.5. The topological polar surface area (TPSA) is 46.5 Å². The van der Waals surface area contributed by atoms with Gasteiger partial charge in [-0.1, -0.05) is 59.5 Å². The van der Waals surface area contributed by atoms with Crippen LogP contribution in [-0.4, -0.2) is 23.3 Å². The molecule has 4 aliphatic carbocycles. The summed E-state index contributed by atoms with van der Waals surface area (Å²) in [5.74, 6) is 3.23. The van der Waals surface area contributed by atoms with Crippen LogP contribution in [0.5, 0.6) is 0 Å². The molecular weight excluding hydrogens is 396 g/mol. The smallest absolute Gasteiger partial charge is 0.302 e. The van der Waals surface area contributed by atoms with Crippen molar-refractivity contribution in [1.82, 2.24) is 0 Å². The van der Waals surface area contributed by atoms with Crippen molar-refractivity contribution in [2.75, 3.05) is 0 Å². The first-order valence-corrected chi connectivity index (χ1v) is 13.6. The molecule has 0 aromatic rings. The number of esters is 1. The van der Waals surface area contributed by atoms with Crippen LogP contribution < -0.4 is 0 Å². The van der Waals surface area contributed by atoms with Crippen molar-refractivity contribution in [2.45, 2.75) is 124 Å². The summed E-state index contributed by atoms with van der Waals surface area (Å²) in [6.45, 7) is 13.7. The third-order valence-electron chi connectivity index (χ3n) is 10.5. The highest BCUT2D eigenvalue weighted by Crippen LogP contribution is 2.66. The first-order valence-electron chi connectivity index (χ1n) is 13.6. The van der Waals surface area contributed by atoms with Gasteiger partial charge in [0.2, 0.25) is 0 Å². The molecule has 0 radical (unpaired) electrons. The lowest BCUT2D eigenvalue weighted by molar-refractivity contribution is -0.152. The van der Waals surface area contributed by atoms with Crippen molar-refractivity contribution in [1.29, 1.82) is 0 Å². The van der Waals surface area contributed by atoms with Crippen molar-refractivity contribution < 1.29 is 14.6 Å². The maximum absolute atomic E-state index is 11.5. The molecule has 32 heavy (non-hydrogen) atoms. The van der Waals surface area contributed by atoms with E-state index in [4.69, 9.17) is 4.74 Å². The molecule has 0 saturated heterocycles. The highest BCUT2D eigenvalue weighted by Gasteiger charge is 2.58. The Kier molecular flexibility index (Phi) is 6.90. The molecule has 4 unspecified atom stereocenters. The van der Waals surface area contributed by atoms with Crippen molar-refractivity contribution in [2.24, 2.45) is 40.4 Å². The molecule has 4 aliphatic rings. The number of ether oxygens (including phenoxy) is 1. The van der Waals surface area contributed by atoms with Crippen molar-refractivity contribution >= 4 is 5.97 Å². The summed E-state index contributed by atoms with van der Waals surface area (Å²) in [6, 6.07) is 0. The van der Waals surface area contributed by atoms with Gasteiger partial charge in [-0.25, -0.2) is 0 Å². The van der Waals surface area contributed by atoms with Crippen LogP contribution >= 0.6 is 0 Å². The number of aliphatic hydroxyl groups is 1. The summed E-state index contributed by atoms with van der Waals surface area (Å²) in [5, 5.41) is 11.4. The van der Waals surface area contributed by atoms with Gasteiger partial charge in [0.05, 0.1) is 6.10 Å². The van der Waals surface area contributed by atoms with Gasteiger partial charge < -0.3 is 9.84 Å². The van der Waals surface area contributed by atoms with Gasteiger partial charge in [-0.3, -0.25) is 4.79 Å². The zero-order valence-corrected chi connectivity index (χ0v) is 21.6. The van der Waals surface area contributed by atoms with E-state index in [9.17, 15) is 9.90 Å². The van der Waals surface area contributed by atoms with Crippen molar-refractivity contribution in [3.8, 4) is 0 Å². The van der Waals surface area contributed by atoms with Gasteiger partial charge >= 0.3 is 5.97 Å². The predicted octanol–water partition coefficient (Wildman–Crippen LogP) is 7.07. The molecule has 3 nitrogen and oxygen atoms in total. The molecule has 8 atom stereocenters. The fourth-order valence-corrected chi connectivity index (χ4v) is 8.81. The van der Waals surface area contributed by atoms with E-state index in [0.717, 1.165) is 38.0 Å². The second-order valence-corrected chi connectivity index (χ2v) is 12.9. The third kappa shape index (κ3) is 4.21. The minimum absolute atomic E-state index is 0.113. The zero-order chi connectivity index (χ0) is 23.3. The molecule has 182 valence electrons. The standard InChI is InChI=1S/C29H48O3/c1-18(2)8-7-9-19(3)25-17-26(31)27-23-11-10-21-16-22(32-20(4)30)12-14-28(21,5)24(23)13-15-29(25,27)6/h18-19,21-22,24-26,31H,7-17H2,1-6H3/t19-,21+,22+,24?,25?,26-,28?,29?/m1/s1. The Bertz CT molecular complexity index is 739. The van der Waals surface area contributed by atoms with Crippen LogP contribution in [-0.2, 0) is 9.53 Å². The zero-order valence-electron chi connectivity index (χ0n) is 21.6. The first kappa shape index (κ1) is 24.3. The van der Waals surface area contributed by atoms with Crippen LogP contribution in [0.25, 0.3) is 0 Å². The second kappa shape index (κ2) is 9.08. The van der Waals surface area contributed by atoms with Crippen LogP contribution in [0.4, 0.5) is 0 Å². The Morgan fingerprint density at radius 1 is 1.09 bits per heavy atom. The maximum atomic E-state index is 11.5. The van der Waals surface area contributed by atoms with Gasteiger partial charge in [-0.2, -0.15) is 0 Å². The lowest BCUT2D eigenvalue weighted by Gasteiger charge is -2.57. The van der Waals surface area contributed by atoms with Gasteiger partial charge in [-0.15, -0.1) is 0 Å². The van der Waals surface area contributed by atoms with E-state index in [0.29, 0.717) is 29.1 Å². The molecule has 3 saturated carbocycles. The van der Waals surface area contributed by atoms with Gasteiger partial charge in [0.1, 0.15) is 6.10 Å². The third-order valence-corrected chi connectivity index (χ3v) is 10.5. The summed E-state index contributed by atoms with van der Waals surface area (Å²) in [7, 11) is 0. The fraction of sp³-hybridized carbons (Fsp3) is 0.897. The van der Waals surface area contributed by atoms with Gasteiger partial charge in [0, 0.05) is 6.92 Å². The molecule has 0 aromatic carbocycles. The summed E-state index contributed by atoms with van der Waals surface area (Å²) in [6.07, 6.45) is 12.8. The lowest BCUT2D eigenvalue weighted by Crippen LogP contribution is -2.49. The Hall–Kier alpha value is -0.830. The molecule has 1 N–H and O–H groups in total. The van der Waals surface area contributed by atoms with E-state index >= 15 is 0 Å². The molecular formula is C29H48O3. The normalized spacial score (nSPS) is 42.3. The number of fused-ring (bicyclic) bond motifs is 4. The quantitative estimate of drug-likeness (QED) is 0.352. The van der Waals surface area contributed by atoms with Crippen LogP contribution in [0.1, 0.15) is 112 Å². The number of carbonyl (C=O) groups excluding carboxylic acids is 1. The average molecular weight is 445 g/mol. The Morgan fingerprint density at radius 3 is 2.53 bits per heavy atom. The number of allylic oxidation sites excluding steroid dienone is 1. The van der Waals surface area contributed by atoms with E-state index in [-0.39, 0.29) is 23.6 Å². The van der Waals surface area contributed by atoms with E-state index in [1.165, 1.54) is 44.1 Å². The Morgan fingerprint density at radius 2 is 1.84 bits per heavy atom. The van der Waals surface area contributed by atoms with E-state index in [1.807, 2.05) is 0 Å². The summed E-state index contributed by atoms with van der Waals surface area (Å²) >= 11 is 0. The van der Waals surface area contributed by atoms with Crippen LogP contribution in [0.2, 0.25) is 0 Å². The molecule has 0 spiro atoms. The number of rotatable bonds is 6. The minimum Gasteiger partial charge on any atom is -0.463 e. The van der Waals surface area contributed by atoms with Crippen molar-refractivity contribution in [3.63, 3.8) is 0 Å². The maximum Gasteiger partial charge on any atom is 0.302 e. The summed E-state index contributed by atoms with van der Waals surface area (Å²) in [5.41, 5.74) is 3.61. The number of aliphatic hydroxyl groups excluding tert-OH is 1. The molecule has 0 aliphatic heterocycles. The Labute approximate surface area is 196 Å². The van der Waals surface area contributed by atoms with Crippen LogP contribution in [0.15, 0.2) is 11.1 Å². The molecule has 0 aromatic heterocycles. The van der Waals surface area contributed by atoms with Gasteiger partial charge in [-0.05, 0) is 97.4 Å². The molecule has 4 rings (SSSR count). The Balaban J connectivity index is 1.54. The molecule has 3 fully saturated rings. The monoisotopic (exact) mass is 444 g/mol.